The lowest BCUT2D eigenvalue weighted by molar-refractivity contribution is -0.122. The second-order valence-electron chi connectivity index (χ2n) is 7.83. The number of carboxylic acids is 1. The van der Waals surface area contributed by atoms with Crippen LogP contribution in [0.25, 0.3) is 17.0 Å². The van der Waals surface area contributed by atoms with Gasteiger partial charge in [-0.1, -0.05) is 48.5 Å². The Labute approximate surface area is 200 Å². The lowest BCUT2D eigenvalue weighted by Gasteiger charge is -2.15. The van der Waals surface area contributed by atoms with E-state index in [1.807, 2.05) is 54.7 Å². The first kappa shape index (κ1) is 21.7. The summed E-state index contributed by atoms with van der Waals surface area (Å²) in [5.74, 6) is -1.09. The fourth-order valence-corrected chi connectivity index (χ4v) is 4.87. The summed E-state index contributed by atoms with van der Waals surface area (Å²) in [7, 11) is 0. The molecule has 0 radical (unpaired) electrons. The number of fused-ring (bicyclic) bond motifs is 1. The van der Waals surface area contributed by atoms with Gasteiger partial charge in [0.25, 0.3) is 5.91 Å². The van der Waals surface area contributed by atoms with Crippen molar-refractivity contribution in [2.75, 3.05) is 6.54 Å². The molecule has 1 aliphatic heterocycles. The van der Waals surface area contributed by atoms with Gasteiger partial charge in [-0.15, -0.1) is 0 Å². The monoisotopic (exact) mass is 467 g/mol. The van der Waals surface area contributed by atoms with Crippen LogP contribution >= 0.6 is 11.8 Å². The highest BCUT2D eigenvalue weighted by molar-refractivity contribution is 8.18. The molecule has 1 aliphatic rings. The van der Waals surface area contributed by atoms with Crippen LogP contribution in [-0.4, -0.2) is 38.6 Å². The minimum absolute atomic E-state index is 0.109. The number of thioether (sulfide) groups is 1. The summed E-state index contributed by atoms with van der Waals surface area (Å²) < 4.78 is 0. The number of nitrogens with one attached hydrogen (secondary N) is 1. The first-order chi connectivity index (χ1) is 16.6. The smallest absolute Gasteiger partial charge is 0.335 e. The molecule has 168 valence electrons. The predicted molar refractivity (Wildman–Crippen MR) is 136 cm³/mol. The predicted octanol–water partition coefficient (Wildman–Crippen LogP) is 5.71. The number of amides is 1. The number of H-pyrrole nitrogens is 1. The van der Waals surface area contributed by atoms with Crippen LogP contribution in [0.2, 0.25) is 0 Å². The van der Waals surface area contributed by atoms with E-state index < -0.39 is 5.97 Å². The second-order valence-corrected chi connectivity index (χ2v) is 8.84. The summed E-state index contributed by atoms with van der Waals surface area (Å²) in [6, 6.07) is 24.2. The molecule has 0 aliphatic carbocycles. The van der Waals surface area contributed by atoms with Crippen molar-refractivity contribution in [1.82, 2.24) is 9.88 Å². The van der Waals surface area contributed by atoms with Crippen LogP contribution in [0.15, 0.2) is 95.0 Å². The molecule has 0 atom stereocenters. The molecule has 3 aromatic carbocycles. The Kier molecular flexibility index (Phi) is 6.01. The lowest BCUT2D eigenvalue weighted by Crippen LogP contribution is -2.31. The van der Waals surface area contributed by atoms with Crippen molar-refractivity contribution in [2.45, 2.75) is 6.42 Å². The minimum atomic E-state index is -0.980. The van der Waals surface area contributed by atoms with E-state index in [0.717, 1.165) is 27.7 Å². The van der Waals surface area contributed by atoms with Crippen molar-refractivity contribution in [3.8, 4) is 0 Å². The molecule has 5 rings (SSSR count). The van der Waals surface area contributed by atoms with E-state index in [0.29, 0.717) is 23.0 Å². The quantitative estimate of drug-likeness (QED) is 0.356. The van der Waals surface area contributed by atoms with Crippen molar-refractivity contribution < 1.29 is 14.7 Å². The Morgan fingerprint density at radius 3 is 2.50 bits per heavy atom. The van der Waals surface area contributed by atoms with Gasteiger partial charge in [0, 0.05) is 23.6 Å². The largest absolute Gasteiger partial charge is 0.478 e. The number of nitrogens with zero attached hydrogens (tertiary/aromatic N) is 2. The molecule has 0 saturated carbocycles. The molecular weight excluding hydrogens is 446 g/mol. The van der Waals surface area contributed by atoms with Gasteiger partial charge in [-0.05, 0) is 65.7 Å². The summed E-state index contributed by atoms with van der Waals surface area (Å²) in [5.41, 5.74) is 3.97. The van der Waals surface area contributed by atoms with Gasteiger partial charge < -0.3 is 10.1 Å². The topological polar surface area (TPSA) is 85.8 Å². The zero-order chi connectivity index (χ0) is 23.5. The Hall–Kier alpha value is -4.10. The standard InChI is InChI=1S/C27H21N3O3S/c31-25-24(16-18-10-12-19(13-11-18)26(32)33)34-27(29-21-6-2-1-3-7-21)30(25)15-14-20-17-28-23-9-5-4-8-22(20)23/h1-13,16-17,28H,14-15H2,(H,32,33). The van der Waals surface area contributed by atoms with E-state index in [9.17, 15) is 9.59 Å². The Morgan fingerprint density at radius 1 is 1.00 bits per heavy atom. The lowest BCUT2D eigenvalue weighted by atomic mass is 10.1. The number of hydrogen-bond acceptors (Lipinski definition) is 4. The highest BCUT2D eigenvalue weighted by Crippen LogP contribution is 2.34. The Bertz CT molecular complexity index is 1420. The maximum atomic E-state index is 13.4. The number of aromatic nitrogens is 1. The van der Waals surface area contributed by atoms with Gasteiger partial charge in [-0.3, -0.25) is 9.69 Å². The number of carboxylic acid groups (broad SMARTS) is 1. The van der Waals surface area contributed by atoms with Gasteiger partial charge in [0.05, 0.1) is 16.2 Å². The molecule has 0 bridgehead atoms. The highest BCUT2D eigenvalue weighted by atomic mass is 32.2. The molecule has 1 fully saturated rings. The third-order valence-electron chi connectivity index (χ3n) is 5.60. The highest BCUT2D eigenvalue weighted by Gasteiger charge is 2.33. The molecule has 7 heteroatoms. The van der Waals surface area contributed by atoms with Gasteiger partial charge in [0.15, 0.2) is 5.17 Å². The fraction of sp³-hybridized carbons (Fsp3) is 0.0741. The first-order valence-corrected chi connectivity index (χ1v) is 11.6. The van der Waals surface area contributed by atoms with E-state index in [1.54, 1.807) is 23.1 Å². The number of hydrogen-bond donors (Lipinski definition) is 2. The minimum Gasteiger partial charge on any atom is -0.478 e. The number of rotatable bonds is 6. The third-order valence-corrected chi connectivity index (χ3v) is 6.61. The molecule has 1 amide bonds. The van der Waals surface area contributed by atoms with Gasteiger partial charge >= 0.3 is 5.97 Å². The number of carbonyl (C=O) groups excluding carboxylic acids is 1. The first-order valence-electron chi connectivity index (χ1n) is 10.8. The van der Waals surface area contributed by atoms with Gasteiger partial charge in [-0.25, -0.2) is 9.79 Å². The zero-order valence-corrected chi connectivity index (χ0v) is 19.0. The molecule has 0 spiro atoms. The zero-order valence-electron chi connectivity index (χ0n) is 18.1. The van der Waals surface area contributed by atoms with E-state index in [1.165, 1.54) is 23.9 Å². The molecule has 0 unspecified atom stereocenters. The molecule has 2 N–H and O–H groups in total. The summed E-state index contributed by atoms with van der Waals surface area (Å²) in [4.78, 5) is 34.8. The molecule has 6 nitrogen and oxygen atoms in total. The van der Waals surface area contributed by atoms with E-state index in [2.05, 4.69) is 11.1 Å². The van der Waals surface area contributed by atoms with Crippen LogP contribution in [0, 0.1) is 0 Å². The average molecular weight is 468 g/mol. The number of aliphatic imine (C=N–C) groups is 1. The molecule has 2 heterocycles. The summed E-state index contributed by atoms with van der Waals surface area (Å²) in [6.45, 7) is 0.495. The maximum Gasteiger partial charge on any atom is 0.335 e. The van der Waals surface area contributed by atoms with E-state index in [4.69, 9.17) is 10.1 Å². The number of amidine groups is 1. The van der Waals surface area contributed by atoms with Gasteiger partial charge in [0.1, 0.15) is 0 Å². The van der Waals surface area contributed by atoms with Crippen LogP contribution in [0.1, 0.15) is 21.5 Å². The Balaban J connectivity index is 1.44. The van der Waals surface area contributed by atoms with Crippen LogP contribution in [0.3, 0.4) is 0 Å². The van der Waals surface area contributed by atoms with E-state index in [-0.39, 0.29) is 11.5 Å². The van der Waals surface area contributed by atoms with Crippen LogP contribution < -0.4 is 0 Å². The Morgan fingerprint density at radius 2 is 1.74 bits per heavy atom. The average Bonchev–Trinajstić information content (AvgIpc) is 3.39. The summed E-state index contributed by atoms with van der Waals surface area (Å²) in [5, 5.41) is 10.9. The van der Waals surface area contributed by atoms with Crippen molar-refractivity contribution in [2.24, 2.45) is 4.99 Å². The third kappa shape index (κ3) is 4.51. The van der Waals surface area contributed by atoms with Crippen molar-refractivity contribution in [3.63, 3.8) is 0 Å². The number of carbonyl (C=O) groups is 2. The number of aromatic amines is 1. The SMILES string of the molecule is O=C(O)c1ccc(C=C2SC(=Nc3ccccc3)N(CCc3c[nH]c4ccccc34)C2=O)cc1. The van der Waals surface area contributed by atoms with Gasteiger partial charge in [0.2, 0.25) is 0 Å². The van der Waals surface area contributed by atoms with Gasteiger partial charge in [-0.2, -0.15) is 0 Å². The van der Waals surface area contributed by atoms with Crippen LogP contribution in [-0.2, 0) is 11.2 Å². The van der Waals surface area contributed by atoms with Crippen molar-refractivity contribution in [1.29, 1.82) is 0 Å². The molecule has 1 saturated heterocycles. The normalized spacial score (nSPS) is 16.1. The maximum absolute atomic E-state index is 13.4. The van der Waals surface area contributed by atoms with E-state index >= 15 is 0 Å². The summed E-state index contributed by atoms with van der Waals surface area (Å²) >= 11 is 1.33. The van der Waals surface area contributed by atoms with Crippen molar-refractivity contribution >= 4 is 51.5 Å². The fourth-order valence-electron chi connectivity index (χ4n) is 3.85. The van der Waals surface area contributed by atoms with Crippen LogP contribution in [0.5, 0.6) is 0 Å². The van der Waals surface area contributed by atoms with Crippen molar-refractivity contribution in [3.05, 3.63) is 107 Å². The number of para-hydroxylation sites is 2. The summed E-state index contributed by atoms with van der Waals surface area (Å²) in [6.07, 6.45) is 4.46. The molecular formula is C27H21N3O3S. The molecule has 1 aromatic heterocycles. The molecule has 4 aromatic rings. The number of aromatic carboxylic acids is 1. The van der Waals surface area contributed by atoms with Crippen LogP contribution in [0.4, 0.5) is 5.69 Å². The second kappa shape index (κ2) is 9.41. The molecule has 34 heavy (non-hydrogen) atoms. The number of benzene rings is 3.